The van der Waals surface area contributed by atoms with E-state index in [0.717, 1.165) is 32.5 Å². The third-order valence-electron chi connectivity index (χ3n) is 5.19. The molecule has 0 aromatic heterocycles. The maximum absolute atomic E-state index is 13.3. The predicted molar refractivity (Wildman–Crippen MR) is 77.2 cm³/mol. The number of rotatable bonds is 4. The Morgan fingerprint density at radius 1 is 1.14 bits per heavy atom. The van der Waals surface area contributed by atoms with Gasteiger partial charge in [0.1, 0.15) is 0 Å². The van der Waals surface area contributed by atoms with Gasteiger partial charge >= 0.3 is 0 Å². The summed E-state index contributed by atoms with van der Waals surface area (Å²) in [6.07, 6.45) is 5.01. The van der Waals surface area contributed by atoms with Crippen molar-refractivity contribution < 1.29 is 13.6 Å². The van der Waals surface area contributed by atoms with Crippen LogP contribution in [-0.2, 0) is 4.79 Å². The molecule has 1 amide bonds. The third kappa shape index (κ3) is 3.93. The highest BCUT2D eigenvalue weighted by Gasteiger charge is 2.42. The van der Waals surface area contributed by atoms with Crippen LogP contribution in [0.25, 0.3) is 0 Å². The Labute approximate surface area is 125 Å². The van der Waals surface area contributed by atoms with E-state index < -0.39 is 5.92 Å². The van der Waals surface area contributed by atoms with Gasteiger partial charge in [-0.25, -0.2) is 8.78 Å². The van der Waals surface area contributed by atoms with E-state index >= 15 is 0 Å². The van der Waals surface area contributed by atoms with Crippen LogP contribution in [0.15, 0.2) is 0 Å². The first-order valence-electron chi connectivity index (χ1n) is 8.44. The second-order valence-corrected chi connectivity index (χ2v) is 7.06. The van der Waals surface area contributed by atoms with Crippen LogP contribution in [0.5, 0.6) is 0 Å². The quantitative estimate of drug-likeness (QED) is 0.866. The topological polar surface area (TPSA) is 32.3 Å². The fourth-order valence-corrected chi connectivity index (χ4v) is 3.68. The van der Waals surface area contributed by atoms with Crippen molar-refractivity contribution in [2.75, 3.05) is 19.6 Å². The van der Waals surface area contributed by atoms with E-state index in [9.17, 15) is 13.6 Å². The normalized spacial score (nSPS) is 30.1. The summed E-state index contributed by atoms with van der Waals surface area (Å²) in [7, 11) is 0. The Balaban J connectivity index is 1.57. The molecule has 0 aromatic carbocycles. The van der Waals surface area contributed by atoms with Crippen molar-refractivity contribution >= 4 is 5.91 Å². The number of nitrogens with one attached hydrogen (secondary N) is 1. The van der Waals surface area contributed by atoms with Gasteiger partial charge in [0.05, 0.1) is 0 Å². The molecule has 0 radical (unpaired) electrons. The number of carbonyl (C=O) groups excluding carboxylic acids is 1. The molecule has 3 rings (SSSR count). The van der Waals surface area contributed by atoms with Crippen molar-refractivity contribution in [2.45, 2.75) is 63.3 Å². The average molecular weight is 300 g/mol. The minimum atomic E-state index is -2.55. The molecule has 2 aliphatic carbocycles. The molecule has 21 heavy (non-hydrogen) atoms. The lowest BCUT2D eigenvalue weighted by Gasteiger charge is -2.35. The Hall–Kier alpha value is -0.710. The van der Waals surface area contributed by atoms with Gasteiger partial charge in [0.15, 0.2) is 0 Å². The first kappa shape index (κ1) is 15.2. The molecule has 0 spiro atoms. The zero-order valence-electron chi connectivity index (χ0n) is 12.6. The molecule has 1 saturated heterocycles. The van der Waals surface area contributed by atoms with Crippen LogP contribution in [0.4, 0.5) is 8.78 Å². The summed E-state index contributed by atoms with van der Waals surface area (Å²) in [5, 5.41) is 3.39. The largest absolute Gasteiger partial charge is 0.339 e. The summed E-state index contributed by atoms with van der Waals surface area (Å²) in [6, 6.07) is 0.391. The first-order chi connectivity index (χ1) is 10.1. The zero-order chi connectivity index (χ0) is 14.9. The van der Waals surface area contributed by atoms with E-state index in [1.165, 1.54) is 12.8 Å². The van der Waals surface area contributed by atoms with E-state index in [1.807, 2.05) is 4.90 Å². The number of piperidine rings is 1. The molecule has 1 N–H and O–H groups in total. The van der Waals surface area contributed by atoms with Crippen molar-refractivity contribution in [3.63, 3.8) is 0 Å². The number of hydrogen-bond acceptors (Lipinski definition) is 2. The molecule has 3 nitrogen and oxygen atoms in total. The van der Waals surface area contributed by atoms with Gasteiger partial charge in [-0.3, -0.25) is 4.79 Å². The summed E-state index contributed by atoms with van der Waals surface area (Å²) >= 11 is 0. The SMILES string of the molecule is O=C(C1CCC(F)(F)CC1)N(CC1CCCNC1)C1CC1. The molecular weight excluding hydrogens is 274 g/mol. The van der Waals surface area contributed by atoms with Gasteiger partial charge in [-0.1, -0.05) is 0 Å². The minimum absolute atomic E-state index is 0.118. The summed E-state index contributed by atoms with van der Waals surface area (Å²) in [4.78, 5) is 14.8. The summed E-state index contributed by atoms with van der Waals surface area (Å²) in [5.74, 6) is -2.03. The van der Waals surface area contributed by atoms with Gasteiger partial charge in [0, 0.05) is 31.3 Å². The van der Waals surface area contributed by atoms with Gasteiger partial charge in [-0.15, -0.1) is 0 Å². The fourth-order valence-electron chi connectivity index (χ4n) is 3.68. The Morgan fingerprint density at radius 2 is 1.86 bits per heavy atom. The highest BCUT2D eigenvalue weighted by Crippen LogP contribution is 2.38. The van der Waals surface area contributed by atoms with Crippen LogP contribution in [0.2, 0.25) is 0 Å². The maximum atomic E-state index is 13.3. The number of nitrogens with zero attached hydrogens (tertiary/aromatic N) is 1. The molecular formula is C16H26F2N2O. The Morgan fingerprint density at radius 3 is 2.43 bits per heavy atom. The molecule has 0 bridgehead atoms. The highest BCUT2D eigenvalue weighted by atomic mass is 19.3. The predicted octanol–water partition coefficient (Wildman–Crippen LogP) is 2.80. The molecule has 1 aliphatic heterocycles. The molecule has 1 atom stereocenters. The average Bonchev–Trinajstić information content (AvgIpc) is 3.30. The van der Waals surface area contributed by atoms with E-state index in [1.54, 1.807) is 0 Å². The zero-order valence-corrected chi connectivity index (χ0v) is 12.6. The van der Waals surface area contributed by atoms with Crippen LogP contribution >= 0.6 is 0 Å². The van der Waals surface area contributed by atoms with E-state index in [0.29, 0.717) is 24.8 Å². The van der Waals surface area contributed by atoms with Gasteiger partial charge < -0.3 is 10.2 Å². The fraction of sp³-hybridized carbons (Fsp3) is 0.938. The number of amides is 1. The Kier molecular flexibility index (Phi) is 4.48. The van der Waals surface area contributed by atoms with Crippen LogP contribution in [0.3, 0.4) is 0 Å². The second kappa shape index (κ2) is 6.19. The number of hydrogen-bond donors (Lipinski definition) is 1. The van der Waals surface area contributed by atoms with Crippen LogP contribution in [0, 0.1) is 11.8 Å². The first-order valence-corrected chi connectivity index (χ1v) is 8.44. The molecule has 0 aromatic rings. The lowest BCUT2D eigenvalue weighted by molar-refractivity contribution is -0.141. The summed E-state index contributed by atoms with van der Waals surface area (Å²) < 4.78 is 26.5. The highest BCUT2D eigenvalue weighted by molar-refractivity contribution is 5.79. The monoisotopic (exact) mass is 300 g/mol. The maximum Gasteiger partial charge on any atom is 0.248 e. The van der Waals surface area contributed by atoms with Crippen molar-refractivity contribution in [3.05, 3.63) is 0 Å². The lowest BCUT2D eigenvalue weighted by atomic mass is 9.85. The second-order valence-electron chi connectivity index (χ2n) is 7.06. The molecule has 3 fully saturated rings. The van der Waals surface area contributed by atoms with Crippen molar-refractivity contribution in [1.82, 2.24) is 10.2 Å². The van der Waals surface area contributed by atoms with Gasteiger partial charge in [-0.2, -0.15) is 0 Å². The van der Waals surface area contributed by atoms with E-state index in [2.05, 4.69) is 5.32 Å². The molecule has 3 aliphatic rings. The summed E-state index contributed by atoms with van der Waals surface area (Å²) in [6.45, 7) is 2.88. The lowest BCUT2D eigenvalue weighted by Crippen LogP contribution is -2.45. The Bertz CT molecular complexity index is 368. The summed E-state index contributed by atoms with van der Waals surface area (Å²) in [5.41, 5.74) is 0. The van der Waals surface area contributed by atoms with Crippen molar-refractivity contribution in [1.29, 1.82) is 0 Å². The molecule has 120 valence electrons. The molecule has 1 heterocycles. The van der Waals surface area contributed by atoms with Crippen LogP contribution < -0.4 is 5.32 Å². The number of alkyl halides is 2. The van der Waals surface area contributed by atoms with Gasteiger partial charge in [0.2, 0.25) is 11.8 Å². The molecule has 1 unspecified atom stereocenters. The van der Waals surface area contributed by atoms with Gasteiger partial charge in [-0.05, 0) is 57.5 Å². The molecule has 5 heteroatoms. The van der Waals surface area contributed by atoms with Crippen LogP contribution in [-0.4, -0.2) is 42.4 Å². The van der Waals surface area contributed by atoms with E-state index in [4.69, 9.17) is 0 Å². The smallest absolute Gasteiger partial charge is 0.248 e. The van der Waals surface area contributed by atoms with Gasteiger partial charge in [0.25, 0.3) is 0 Å². The third-order valence-corrected chi connectivity index (χ3v) is 5.19. The van der Waals surface area contributed by atoms with E-state index in [-0.39, 0.29) is 24.7 Å². The minimum Gasteiger partial charge on any atom is -0.339 e. The van der Waals surface area contributed by atoms with Crippen molar-refractivity contribution in [2.24, 2.45) is 11.8 Å². The van der Waals surface area contributed by atoms with Crippen molar-refractivity contribution in [3.8, 4) is 0 Å². The number of halogens is 2. The molecule has 2 saturated carbocycles. The van der Waals surface area contributed by atoms with Crippen LogP contribution in [0.1, 0.15) is 51.4 Å². The number of carbonyl (C=O) groups is 1. The standard InChI is InChI=1S/C16H26F2N2O/c17-16(18)7-5-13(6-8-16)15(21)20(14-3-4-14)11-12-2-1-9-19-10-12/h12-14,19H,1-11H2.